The van der Waals surface area contributed by atoms with Crippen LogP contribution < -0.4 is 5.32 Å². The summed E-state index contributed by atoms with van der Waals surface area (Å²) in [5.41, 5.74) is 2.33. The van der Waals surface area contributed by atoms with Gasteiger partial charge in [-0.25, -0.2) is 0 Å². The third-order valence-electron chi connectivity index (χ3n) is 3.48. The number of nitrogens with zero attached hydrogens (tertiary/aromatic N) is 1. The Bertz CT molecular complexity index is 507. The fraction of sp³-hybridized carbons (Fsp3) is 0.333. The van der Waals surface area contributed by atoms with E-state index >= 15 is 0 Å². The van der Waals surface area contributed by atoms with Crippen molar-refractivity contribution in [2.24, 2.45) is 0 Å². The fourth-order valence-corrected chi connectivity index (χ4v) is 2.40. The second-order valence-electron chi connectivity index (χ2n) is 4.76. The van der Waals surface area contributed by atoms with E-state index in [1.54, 1.807) is 0 Å². The Morgan fingerprint density at radius 3 is 2.78 bits per heavy atom. The molecule has 2 unspecified atom stereocenters. The average molecular weight is 242 g/mol. The number of hydrogen-bond acceptors (Lipinski definition) is 2. The lowest BCUT2D eigenvalue weighted by Gasteiger charge is -2.18. The molecule has 3 rings (SSSR count). The first-order valence-electron chi connectivity index (χ1n) is 6.44. The van der Waals surface area contributed by atoms with Crippen molar-refractivity contribution >= 4 is 5.69 Å². The minimum absolute atomic E-state index is 0.292. The minimum Gasteiger partial charge on any atom is -0.380 e. The normalized spacial score (nSPS) is 23.2. The second-order valence-corrected chi connectivity index (χ2v) is 4.76. The van der Waals surface area contributed by atoms with E-state index in [4.69, 9.17) is 4.74 Å². The molecule has 1 saturated heterocycles. The van der Waals surface area contributed by atoms with E-state index in [-0.39, 0.29) is 0 Å². The van der Waals surface area contributed by atoms with Gasteiger partial charge in [0.15, 0.2) is 0 Å². The molecule has 1 aliphatic rings. The van der Waals surface area contributed by atoms with Crippen molar-refractivity contribution in [1.29, 1.82) is 0 Å². The number of benzene rings is 1. The second kappa shape index (κ2) is 4.86. The maximum Gasteiger partial charge on any atom is 0.0748 e. The first-order chi connectivity index (χ1) is 8.83. The van der Waals surface area contributed by atoms with Crippen LogP contribution in [-0.4, -0.2) is 23.3 Å². The van der Waals surface area contributed by atoms with Crippen LogP contribution in [0.15, 0.2) is 48.8 Å². The maximum absolute atomic E-state index is 5.57. The van der Waals surface area contributed by atoms with Gasteiger partial charge in [-0.3, -0.25) is 0 Å². The molecule has 0 spiro atoms. The van der Waals surface area contributed by atoms with Crippen LogP contribution in [0.3, 0.4) is 0 Å². The van der Waals surface area contributed by atoms with E-state index in [1.165, 1.54) is 5.69 Å². The van der Waals surface area contributed by atoms with Gasteiger partial charge in [0.25, 0.3) is 0 Å². The number of aromatic nitrogens is 1. The quantitative estimate of drug-likeness (QED) is 0.895. The fourth-order valence-electron chi connectivity index (χ4n) is 2.40. The Hall–Kier alpha value is -1.74. The molecular weight excluding hydrogens is 224 g/mol. The van der Waals surface area contributed by atoms with E-state index in [0.717, 1.165) is 18.7 Å². The zero-order valence-electron chi connectivity index (χ0n) is 10.5. The van der Waals surface area contributed by atoms with Crippen LogP contribution in [0.5, 0.6) is 0 Å². The summed E-state index contributed by atoms with van der Waals surface area (Å²) in [6.07, 6.45) is 5.48. The highest BCUT2D eigenvalue weighted by atomic mass is 16.5. The molecule has 3 heteroatoms. The van der Waals surface area contributed by atoms with Crippen molar-refractivity contribution in [3.8, 4) is 5.69 Å². The van der Waals surface area contributed by atoms with E-state index in [1.807, 2.05) is 12.1 Å². The van der Waals surface area contributed by atoms with E-state index < -0.39 is 0 Å². The smallest absolute Gasteiger partial charge is 0.0748 e. The summed E-state index contributed by atoms with van der Waals surface area (Å²) in [5, 5.41) is 3.55. The lowest BCUT2D eigenvalue weighted by atomic mass is 10.1. The lowest BCUT2D eigenvalue weighted by molar-refractivity contribution is 0.121. The Morgan fingerprint density at radius 2 is 2.06 bits per heavy atom. The lowest BCUT2D eigenvalue weighted by Crippen LogP contribution is -2.26. The summed E-state index contributed by atoms with van der Waals surface area (Å²) in [6.45, 7) is 2.98. The molecule has 0 radical (unpaired) electrons. The average Bonchev–Trinajstić information content (AvgIpc) is 3.02. The van der Waals surface area contributed by atoms with Gasteiger partial charge >= 0.3 is 0 Å². The van der Waals surface area contributed by atoms with Crippen LogP contribution >= 0.6 is 0 Å². The maximum atomic E-state index is 5.57. The molecule has 2 atom stereocenters. The van der Waals surface area contributed by atoms with Gasteiger partial charge in [-0.05, 0) is 43.7 Å². The predicted octanol–water partition coefficient (Wildman–Crippen LogP) is 3.07. The summed E-state index contributed by atoms with van der Waals surface area (Å²) < 4.78 is 7.68. The van der Waals surface area contributed by atoms with Gasteiger partial charge in [-0.15, -0.1) is 0 Å². The molecule has 1 aliphatic heterocycles. The van der Waals surface area contributed by atoms with Crippen molar-refractivity contribution in [1.82, 2.24) is 4.57 Å². The minimum atomic E-state index is 0.292. The number of ether oxygens (including phenoxy) is 1. The highest BCUT2D eigenvalue weighted by Gasteiger charge is 2.23. The highest BCUT2D eigenvalue weighted by molar-refractivity contribution is 5.52. The zero-order chi connectivity index (χ0) is 12.4. The molecule has 1 aromatic heterocycles. The van der Waals surface area contributed by atoms with Crippen LogP contribution in [-0.2, 0) is 4.74 Å². The summed E-state index contributed by atoms with van der Waals surface area (Å²) in [4.78, 5) is 0. The first-order valence-corrected chi connectivity index (χ1v) is 6.44. The van der Waals surface area contributed by atoms with Crippen molar-refractivity contribution in [2.75, 3.05) is 11.9 Å². The zero-order valence-corrected chi connectivity index (χ0v) is 10.5. The summed E-state index contributed by atoms with van der Waals surface area (Å²) in [7, 11) is 0. The number of hydrogen-bond donors (Lipinski definition) is 1. The molecule has 0 saturated carbocycles. The third kappa shape index (κ3) is 2.27. The Balaban J connectivity index is 1.79. The molecule has 2 aromatic rings. The molecule has 2 heterocycles. The topological polar surface area (TPSA) is 26.2 Å². The molecule has 3 nitrogen and oxygen atoms in total. The van der Waals surface area contributed by atoms with E-state index in [2.05, 4.69) is 53.5 Å². The molecule has 94 valence electrons. The van der Waals surface area contributed by atoms with Gasteiger partial charge in [0.1, 0.15) is 0 Å². The van der Waals surface area contributed by atoms with Crippen molar-refractivity contribution in [2.45, 2.75) is 25.5 Å². The Morgan fingerprint density at radius 1 is 1.22 bits per heavy atom. The van der Waals surface area contributed by atoms with Crippen LogP contribution in [0.25, 0.3) is 5.69 Å². The summed E-state index contributed by atoms with van der Waals surface area (Å²) >= 11 is 0. The molecule has 0 aliphatic carbocycles. The molecule has 1 N–H and O–H groups in total. The Labute approximate surface area is 107 Å². The number of rotatable bonds is 3. The molecule has 1 aromatic carbocycles. The van der Waals surface area contributed by atoms with Gasteiger partial charge < -0.3 is 14.6 Å². The van der Waals surface area contributed by atoms with Gasteiger partial charge in [0, 0.05) is 30.4 Å². The molecule has 0 amide bonds. The number of anilines is 1. The monoisotopic (exact) mass is 242 g/mol. The molecule has 18 heavy (non-hydrogen) atoms. The van der Waals surface area contributed by atoms with Gasteiger partial charge in [0.2, 0.25) is 0 Å². The molecular formula is C15H18N2O. The third-order valence-corrected chi connectivity index (χ3v) is 3.48. The summed E-state index contributed by atoms with van der Waals surface area (Å²) in [5.74, 6) is 0. The van der Waals surface area contributed by atoms with E-state index in [9.17, 15) is 0 Å². The molecule has 1 fully saturated rings. The van der Waals surface area contributed by atoms with Crippen LogP contribution in [0.1, 0.15) is 13.3 Å². The van der Waals surface area contributed by atoms with Crippen LogP contribution in [0, 0.1) is 0 Å². The SMILES string of the molecule is CC1OCCC1Nc1cccc(-n2cccc2)c1. The Kier molecular flexibility index (Phi) is 3.07. The van der Waals surface area contributed by atoms with Gasteiger partial charge in [0.05, 0.1) is 12.1 Å². The highest BCUT2D eigenvalue weighted by Crippen LogP contribution is 2.21. The van der Waals surface area contributed by atoms with Crippen LogP contribution in [0.4, 0.5) is 5.69 Å². The van der Waals surface area contributed by atoms with Gasteiger partial charge in [-0.2, -0.15) is 0 Å². The van der Waals surface area contributed by atoms with Crippen molar-refractivity contribution in [3.63, 3.8) is 0 Å². The number of nitrogens with one attached hydrogen (secondary N) is 1. The van der Waals surface area contributed by atoms with Crippen molar-refractivity contribution in [3.05, 3.63) is 48.8 Å². The summed E-state index contributed by atoms with van der Waals surface area (Å²) in [6, 6.07) is 13.0. The van der Waals surface area contributed by atoms with Crippen LogP contribution in [0.2, 0.25) is 0 Å². The van der Waals surface area contributed by atoms with E-state index in [0.29, 0.717) is 12.1 Å². The van der Waals surface area contributed by atoms with Gasteiger partial charge in [-0.1, -0.05) is 6.07 Å². The van der Waals surface area contributed by atoms with Crippen molar-refractivity contribution < 1.29 is 4.74 Å². The standard InChI is InChI=1S/C15H18N2O/c1-12-15(7-10-18-12)16-13-5-4-6-14(11-13)17-8-2-3-9-17/h2-6,8-9,11-12,15-16H,7,10H2,1H3. The largest absolute Gasteiger partial charge is 0.380 e. The molecule has 0 bridgehead atoms. The predicted molar refractivity (Wildman–Crippen MR) is 73.2 cm³/mol. The first kappa shape index (κ1) is 11.4.